The van der Waals surface area contributed by atoms with Gasteiger partial charge < -0.3 is 5.73 Å². The van der Waals surface area contributed by atoms with E-state index in [1.165, 1.54) is 0 Å². The van der Waals surface area contributed by atoms with Crippen LogP contribution in [0.2, 0.25) is 0 Å². The van der Waals surface area contributed by atoms with Gasteiger partial charge in [-0.3, -0.25) is 9.78 Å². The van der Waals surface area contributed by atoms with Crippen molar-refractivity contribution in [2.45, 2.75) is 0 Å². The Balaban J connectivity index is 2.25. The van der Waals surface area contributed by atoms with E-state index >= 15 is 0 Å². The van der Waals surface area contributed by atoms with Crippen LogP contribution in [0.5, 0.6) is 0 Å². The Hall–Kier alpha value is -2.75. The first-order chi connectivity index (χ1) is 9.25. The van der Waals surface area contributed by atoms with Gasteiger partial charge in [-0.15, -0.1) is 0 Å². The topological polar surface area (TPSA) is 68.9 Å². The van der Waals surface area contributed by atoms with E-state index in [1.807, 2.05) is 36.4 Å². The summed E-state index contributed by atoms with van der Waals surface area (Å²) in [5.74, 6) is -0.495. The molecule has 0 spiro atoms. The summed E-state index contributed by atoms with van der Waals surface area (Å²) in [7, 11) is 0. The van der Waals surface area contributed by atoms with Crippen molar-refractivity contribution in [2.75, 3.05) is 0 Å². The molecule has 0 fully saturated rings. The van der Waals surface area contributed by atoms with Gasteiger partial charge in [-0.2, -0.15) is 0 Å². The van der Waals surface area contributed by atoms with Crippen molar-refractivity contribution in [3.05, 3.63) is 60.3 Å². The molecule has 92 valence electrons. The number of carbonyl (C=O) groups is 1. The van der Waals surface area contributed by atoms with E-state index in [2.05, 4.69) is 9.97 Å². The monoisotopic (exact) mass is 249 g/mol. The molecule has 0 unspecified atom stereocenters. The molecule has 3 rings (SSSR count). The average molecular weight is 249 g/mol. The number of aromatic nitrogens is 2. The number of para-hydroxylation sites is 1. The molecule has 1 amide bonds. The molecular weight excluding hydrogens is 238 g/mol. The molecule has 19 heavy (non-hydrogen) atoms. The summed E-state index contributed by atoms with van der Waals surface area (Å²) in [6, 6.07) is 14.9. The third-order valence-electron chi connectivity index (χ3n) is 2.91. The summed E-state index contributed by atoms with van der Waals surface area (Å²) in [4.78, 5) is 20.3. The van der Waals surface area contributed by atoms with Gasteiger partial charge in [-0.25, -0.2) is 4.98 Å². The quantitative estimate of drug-likeness (QED) is 0.758. The molecule has 2 aromatic carbocycles. The minimum absolute atomic E-state index is 0.391. The Labute approximate surface area is 109 Å². The lowest BCUT2D eigenvalue weighted by Crippen LogP contribution is -2.12. The molecular formula is C15H11N3O. The first kappa shape index (κ1) is 11.3. The fraction of sp³-hybridized carbons (Fsp3) is 0. The lowest BCUT2D eigenvalue weighted by Gasteiger charge is -2.05. The second-order valence-electron chi connectivity index (χ2n) is 4.16. The van der Waals surface area contributed by atoms with E-state index in [1.54, 1.807) is 18.3 Å². The zero-order valence-corrected chi connectivity index (χ0v) is 10.1. The van der Waals surface area contributed by atoms with Gasteiger partial charge in [-0.1, -0.05) is 36.4 Å². The van der Waals surface area contributed by atoms with Gasteiger partial charge in [0.1, 0.15) is 5.52 Å². The van der Waals surface area contributed by atoms with Crippen LogP contribution in [-0.2, 0) is 0 Å². The first-order valence-electron chi connectivity index (χ1n) is 5.87. The van der Waals surface area contributed by atoms with Crippen molar-refractivity contribution in [3.63, 3.8) is 0 Å². The van der Waals surface area contributed by atoms with E-state index < -0.39 is 5.91 Å². The third-order valence-corrected chi connectivity index (χ3v) is 2.91. The van der Waals surface area contributed by atoms with Crippen LogP contribution in [0.25, 0.3) is 22.3 Å². The fourth-order valence-electron chi connectivity index (χ4n) is 1.98. The number of hydrogen-bond acceptors (Lipinski definition) is 3. The number of carbonyl (C=O) groups excluding carboxylic acids is 1. The highest BCUT2D eigenvalue weighted by atomic mass is 16.1. The predicted octanol–water partition coefficient (Wildman–Crippen LogP) is 2.40. The fourth-order valence-corrected chi connectivity index (χ4v) is 1.98. The van der Waals surface area contributed by atoms with Gasteiger partial charge in [0.2, 0.25) is 0 Å². The lowest BCUT2D eigenvalue weighted by atomic mass is 10.1. The highest BCUT2D eigenvalue weighted by Crippen LogP contribution is 2.20. The van der Waals surface area contributed by atoms with Gasteiger partial charge >= 0.3 is 0 Å². The minimum Gasteiger partial charge on any atom is -0.366 e. The molecule has 0 aliphatic rings. The molecule has 1 heterocycles. The third kappa shape index (κ3) is 2.04. The smallest absolute Gasteiger partial charge is 0.250 e. The van der Waals surface area contributed by atoms with Crippen LogP contribution in [0, 0.1) is 0 Å². The summed E-state index contributed by atoms with van der Waals surface area (Å²) >= 11 is 0. The van der Waals surface area contributed by atoms with Crippen molar-refractivity contribution < 1.29 is 4.79 Å². The minimum atomic E-state index is -0.495. The number of rotatable bonds is 2. The highest BCUT2D eigenvalue weighted by molar-refractivity contribution is 6.04. The number of nitrogens with two attached hydrogens (primary N) is 1. The molecule has 0 atom stereocenters. The Morgan fingerprint density at radius 1 is 1.00 bits per heavy atom. The summed E-state index contributed by atoms with van der Waals surface area (Å²) in [6.07, 6.45) is 1.70. The molecule has 4 nitrogen and oxygen atoms in total. The van der Waals surface area contributed by atoms with Gasteiger partial charge in [0, 0.05) is 5.56 Å². The van der Waals surface area contributed by atoms with E-state index in [-0.39, 0.29) is 0 Å². The second kappa shape index (κ2) is 4.49. The Morgan fingerprint density at radius 3 is 2.53 bits per heavy atom. The van der Waals surface area contributed by atoms with Crippen LogP contribution in [0.4, 0.5) is 0 Å². The molecule has 2 N–H and O–H groups in total. The second-order valence-corrected chi connectivity index (χ2v) is 4.16. The number of benzene rings is 2. The molecule has 1 aromatic heterocycles. The molecule has 3 aromatic rings. The Bertz CT molecular complexity index is 754. The molecule has 4 heteroatoms. The van der Waals surface area contributed by atoms with Crippen LogP contribution in [0.3, 0.4) is 0 Å². The summed E-state index contributed by atoms with van der Waals surface area (Å²) in [5.41, 5.74) is 8.63. The van der Waals surface area contributed by atoms with E-state index in [4.69, 9.17) is 5.73 Å². The maximum Gasteiger partial charge on any atom is 0.250 e. The maximum atomic E-state index is 11.4. The molecule has 0 aliphatic heterocycles. The number of hydrogen-bond donors (Lipinski definition) is 1. The summed E-state index contributed by atoms with van der Waals surface area (Å²) in [6.45, 7) is 0. The van der Waals surface area contributed by atoms with Crippen LogP contribution < -0.4 is 5.73 Å². The SMILES string of the molecule is NC(=O)c1cccc2ncc(-c3ccccc3)nc12. The predicted molar refractivity (Wildman–Crippen MR) is 73.5 cm³/mol. The van der Waals surface area contributed by atoms with Gasteiger partial charge in [0.15, 0.2) is 0 Å². The molecule has 0 bridgehead atoms. The van der Waals surface area contributed by atoms with Crippen LogP contribution in [0.1, 0.15) is 10.4 Å². The molecule has 0 radical (unpaired) electrons. The number of nitrogens with zero attached hydrogens (tertiary/aromatic N) is 2. The normalized spacial score (nSPS) is 10.5. The summed E-state index contributed by atoms with van der Waals surface area (Å²) in [5, 5.41) is 0. The highest BCUT2D eigenvalue weighted by Gasteiger charge is 2.09. The zero-order chi connectivity index (χ0) is 13.2. The lowest BCUT2D eigenvalue weighted by molar-refractivity contribution is 0.100. The van der Waals surface area contributed by atoms with Crippen LogP contribution in [-0.4, -0.2) is 15.9 Å². The number of fused-ring (bicyclic) bond motifs is 1. The molecule has 0 saturated carbocycles. The average Bonchev–Trinajstić information content (AvgIpc) is 2.47. The molecule has 0 aliphatic carbocycles. The van der Waals surface area contributed by atoms with Crippen molar-refractivity contribution in [3.8, 4) is 11.3 Å². The summed E-state index contributed by atoms with van der Waals surface area (Å²) < 4.78 is 0. The first-order valence-corrected chi connectivity index (χ1v) is 5.87. The zero-order valence-electron chi connectivity index (χ0n) is 10.1. The van der Waals surface area contributed by atoms with E-state index in [0.717, 1.165) is 11.3 Å². The van der Waals surface area contributed by atoms with Crippen LogP contribution >= 0.6 is 0 Å². The van der Waals surface area contributed by atoms with Gasteiger partial charge in [0.25, 0.3) is 5.91 Å². The molecule has 0 saturated heterocycles. The van der Waals surface area contributed by atoms with Crippen molar-refractivity contribution in [1.29, 1.82) is 0 Å². The van der Waals surface area contributed by atoms with Gasteiger partial charge in [-0.05, 0) is 12.1 Å². The van der Waals surface area contributed by atoms with Crippen molar-refractivity contribution in [2.24, 2.45) is 5.73 Å². The van der Waals surface area contributed by atoms with Crippen molar-refractivity contribution in [1.82, 2.24) is 9.97 Å². The number of primary amides is 1. The van der Waals surface area contributed by atoms with E-state index in [9.17, 15) is 4.79 Å². The maximum absolute atomic E-state index is 11.4. The van der Waals surface area contributed by atoms with Crippen molar-refractivity contribution >= 4 is 16.9 Å². The van der Waals surface area contributed by atoms with E-state index in [0.29, 0.717) is 16.6 Å². The number of amides is 1. The standard InChI is InChI=1S/C15H11N3O/c16-15(19)11-7-4-8-12-14(11)18-13(9-17-12)10-5-2-1-3-6-10/h1-9H,(H2,16,19). The van der Waals surface area contributed by atoms with Crippen LogP contribution in [0.15, 0.2) is 54.7 Å². The Kier molecular flexibility index (Phi) is 2.68. The van der Waals surface area contributed by atoms with Gasteiger partial charge in [0.05, 0.1) is 23.0 Å². The Morgan fingerprint density at radius 2 is 1.79 bits per heavy atom. The largest absolute Gasteiger partial charge is 0.366 e.